The van der Waals surface area contributed by atoms with Crippen molar-refractivity contribution in [2.24, 2.45) is 0 Å². The Morgan fingerprint density at radius 3 is 2.62 bits per heavy atom. The first-order valence-corrected chi connectivity index (χ1v) is 5.48. The van der Waals surface area contributed by atoms with Crippen LogP contribution in [-0.4, -0.2) is 7.11 Å². The standard InChI is InChI=1S/C13H9Cl2O/c1-16-13-5-3-2-4-11(13)10-7-6-9(14)8-12(10)15/h2-4,6-8H,1H3. The van der Waals surface area contributed by atoms with Gasteiger partial charge in [0.25, 0.3) is 0 Å². The fourth-order valence-electron chi connectivity index (χ4n) is 1.51. The molecule has 1 nitrogen and oxygen atoms in total. The largest absolute Gasteiger partial charge is 0.495 e. The summed E-state index contributed by atoms with van der Waals surface area (Å²) in [6.45, 7) is 0. The van der Waals surface area contributed by atoms with Crippen LogP contribution in [0.25, 0.3) is 11.1 Å². The Bertz CT molecular complexity index is 509. The van der Waals surface area contributed by atoms with Gasteiger partial charge in [0.05, 0.1) is 12.1 Å². The molecule has 0 spiro atoms. The molecule has 0 unspecified atom stereocenters. The first kappa shape index (κ1) is 11.3. The summed E-state index contributed by atoms with van der Waals surface area (Å²) in [7, 11) is 1.61. The van der Waals surface area contributed by atoms with Crippen LogP contribution in [0.2, 0.25) is 10.0 Å². The Morgan fingerprint density at radius 2 is 1.94 bits per heavy atom. The van der Waals surface area contributed by atoms with E-state index in [0.717, 1.165) is 11.1 Å². The van der Waals surface area contributed by atoms with Crippen LogP contribution in [0, 0.1) is 6.07 Å². The topological polar surface area (TPSA) is 9.23 Å². The quantitative estimate of drug-likeness (QED) is 0.766. The lowest BCUT2D eigenvalue weighted by molar-refractivity contribution is 0.415. The van der Waals surface area contributed by atoms with Crippen LogP contribution < -0.4 is 4.74 Å². The highest BCUT2D eigenvalue weighted by Crippen LogP contribution is 2.35. The van der Waals surface area contributed by atoms with E-state index in [0.29, 0.717) is 15.8 Å². The summed E-state index contributed by atoms with van der Waals surface area (Å²) in [5.41, 5.74) is 1.80. The number of methoxy groups -OCH3 is 1. The van der Waals surface area contributed by atoms with Crippen molar-refractivity contribution in [2.45, 2.75) is 0 Å². The third-order valence-electron chi connectivity index (χ3n) is 2.24. The van der Waals surface area contributed by atoms with Crippen LogP contribution in [-0.2, 0) is 0 Å². The summed E-state index contributed by atoms with van der Waals surface area (Å²) in [5, 5.41) is 1.22. The maximum absolute atomic E-state index is 6.14. The van der Waals surface area contributed by atoms with Gasteiger partial charge in [-0.15, -0.1) is 0 Å². The lowest BCUT2D eigenvalue weighted by atomic mass is 10.0. The van der Waals surface area contributed by atoms with Crippen molar-refractivity contribution in [3.8, 4) is 16.9 Å². The molecule has 0 aromatic heterocycles. The van der Waals surface area contributed by atoms with Gasteiger partial charge in [-0.2, -0.15) is 0 Å². The maximum Gasteiger partial charge on any atom is 0.134 e. The number of rotatable bonds is 2. The van der Waals surface area contributed by atoms with Crippen molar-refractivity contribution in [3.05, 3.63) is 52.5 Å². The van der Waals surface area contributed by atoms with E-state index in [1.165, 1.54) is 0 Å². The number of benzene rings is 2. The molecule has 0 aliphatic heterocycles. The van der Waals surface area contributed by atoms with Crippen LogP contribution >= 0.6 is 23.2 Å². The van der Waals surface area contributed by atoms with Gasteiger partial charge < -0.3 is 4.74 Å². The fraction of sp³-hybridized carbons (Fsp3) is 0.0769. The van der Waals surface area contributed by atoms with Crippen LogP contribution in [0.4, 0.5) is 0 Å². The minimum atomic E-state index is 0.602. The smallest absolute Gasteiger partial charge is 0.134 e. The average Bonchev–Trinajstić information content (AvgIpc) is 2.29. The number of hydrogen-bond donors (Lipinski definition) is 0. The molecule has 0 aliphatic carbocycles. The Morgan fingerprint density at radius 1 is 1.12 bits per heavy atom. The molecule has 0 aliphatic rings. The molecule has 81 valence electrons. The molecule has 0 saturated heterocycles. The molecule has 0 amide bonds. The lowest BCUT2D eigenvalue weighted by Gasteiger charge is -2.09. The molecule has 2 aromatic carbocycles. The van der Waals surface area contributed by atoms with Gasteiger partial charge in [-0.3, -0.25) is 0 Å². The summed E-state index contributed by atoms with van der Waals surface area (Å²) in [6, 6.07) is 14.0. The number of halogens is 2. The van der Waals surface area contributed by atoms with E-state index in [2.05, 4.69) is 6.07 Å². The first-order chi connectivity index (χ1) is 7.72. The molecular formula is C13H9Cl2O. The Hall–Kier alpha value is -1.18. The number of ether oxygens (including phenoxy) is 1. The zero-order valence-electron chi connectivity index (χ0n) is 8.63. The van der Waals surface area contributed by atoms with Crippen molar-refractivity contribution >= 4 is 23.2 Å². The van der Waals surface area contributed by atoms with E-state index < -0.39 is 0 Å². The molecule has 16 heavy (non-hydrogen) atoms. The summed E-state index contributed by atoms with van der Waals surface area (Å²) < 4.78 is 5.24. The van der Waals surface area contributed by atoms with Crippen molar-refractivity contribution in [1.29, 1.82) is 0 Å². The van der Waals surface area contributed by atoms with E-state index in [9.17, 15) is 0 Å². The third-order valence-corrected chi connectivity index (χ3v) is 2.79. The highest BCUT2D eigenvalue weighted by Gasteiger charge is 2.08. The highest BCUT2D eigenvalue weighted by molar-refractivity contribution is 6.36. The van der Waals surface area contributed by atoms with E-state index in [1.54, 1.807) is 25.3 Å². The van der Waals surface area contributed by atoms with E-state index in [1.807, 2.05) is 18.2 Å². The monoisotopic (exact) mass is 251 g/mol. The molecule has 2 rings (SSSR count). The fourth-order valence-corrected chi connectivity index (χ4v) is 2.02. The minimum absolute atomic E-state index is 0.602. The SMILES string of the molecule is COc1[c]cccc1-c1ccc(Cl)cc1Cl. The summed E-state index contributed by atoms with van der Waals surface area (Å²) in [4.78, 5) is 0. The van der Waals surface area contributed by atoms with Crippen molar-refractivity contribution in [2.75, 3.05) is 7.11 Å². The molecule has 0 atom stereocenters. The van der Waals surface area contributed by atoms with Crippen LogP contribution in [0.3, 0.4) is 0 Å². The lowest BCUT2D eigenvalue weighted by Crippen LogP contribution is -1.88. The molecule has 2 aromatic rings. The van der Waals surface area contributed by atoms with Gasteiger partial charge in [0.1, 0.15) is 5.75 Å². The van der Waals surface area contributed by atoms with Crippen molar-refractivity contribution < 1.29 is 4.74 Å². The number of hydrogen-bond acceptors (Lipinski definition) is 1. The second-order valence-electron chi connectivity index (χ2n) is 3.24. The van der Waals surface area contributed by atoms with E-state index in [4.69, 9.17) is 27.9 Å². The van der Waals surface area contributed by atoms with Crippen LogP contribution in [0.1, 0.15) is 0 Å². The van der Waals surface area contributed by atoms with Gasteiger partial charge in [0.15, 0.2) is 0 Å². The molecule has 1 radical (unpaired) electrons. The predicted molar refractivity (Wildman–Crippen MR) is 67.3 cm³/mol. The van der Waals surface area contributed by atoms with Crippen molar-refractivity contribution in [1.82, 2.24) is 0 Å². The predicted octanol–water partition coefficient (Wildman–Crippen LogP) is 4.47. The van der Waals surface area contributed by atoms with Gasteiger partial charge >= 0.3 is 0 Å². The zero-order chi connectivity index (χ0) is 11.5. The normalized spacial score (nSPS) is 10.2. The van der Waals surface area contributed by atoms with E-state index >= 15 is 0 Å². The minimum Gasteiger partial charge on any atom is -0.495 e. The molecular weight excluding hydrogens is 243 g/mol. The summed E-state index contributed by atoms with van der Waals surface area (Å²) in [5.74, 6) is 0.673. The molecule has 0 N–H and O–H groups in total. The molecule has 0 heterocycles. The van der Waals surface area contributed by atoms with Crippen molar-refractivity contribution in [3.63, 3.8) is 0 Å². The van der Waals surface area contributed by atoms with Gasteiger partial charge in [-0.1, -0.05) is 47.5 Å². The van der Waals surface area contributed by atoms with Crippen LogP contribution in [0.5, 0.6) is 5.75 Å². The second-order valence-corrected chi connectivity index (χ2v) is 4.08. The van der Waals surface area contributed by atoms with E-state index in [-0.39, 0.29) is 0 Å². The molecule has 3 heteroatoms. The Balaban J connectivity index is 2.58. The summed E-state index contributed by atoms with van der Waals surface area (Å²) >= 11 is 12.0. The maximum atomic E-state index is 6.14. The summed E-state index contributed by atoms with van der Waals surface area (Å²) in [6.07, 6.45) is 0. The first-order valence-electron chi connectivity index (χ1n) is 4.72. The molecule has 0 bridgehead atoms. The molecule has 0 saturated carbocycles. The molecule has 0 fully saturated rings. The Labute approximate surface area is 105 Å². The van der Waals surface area contributed by atoms with Gasteiger partial charge in [-0.25, -0.2) is 0 Å². The zero-order valence-corrected chi connectivity index (χ0v) is 10.1. The Kier molecular flexibility index (Phi) is 3.37. The third kappa shape index (κ3) is 2.16. The van der Waals surface area contributed by atoms with Gasteiger partial charge in [-0.05, 0) is 12.1 Å². The number of para-hydroxylation sites is 1. The van der Waals surface area contributed by atoms with Gasteiger partial charge in [0, 0.05) is 22.2 Å². The van der Waals surface area contributed by atoms with Crippen LogP contribution in [0.15, 0.2) is 36.4 Å². The van der Waals surface area contributed by atoms with Gasteiger partial charge in [0.2, 0.25) is 0 Å². The highest BCUT2D eigenvalue weighted by atomic mass is 35.5. The average molecular weight is 252 g/mol. The second kappa shape index (κ2) is 4.77.